The summed E-state index contributed by atoms with van der Waals surface area (Å²) in [6.45, 7) is 0.421. The molecule has 29 heavy (non-hydrogen) atoms. The number of nitrogens with one attached hydrogen (secondary N) is 2. The lowest BCUT2D eigenvalue weighted by Crippen LogP contribution is -2.26. The number of halogens is 1. The molecule has 2 N–H and O–H groups in total. The number of rotatable bonds is 6. The highest BCUT2D eigenvalue weighted by atomic mass is 19.1. The molecule has 0 aliphatic carbocycles. The van der Waals surface area contributed by atoms with Crippen LogP contribution in [0.1, 0.15) is 16.1 Å². The van der Waals surface area contributed by atoms with Gasteiger partial charge in [-0.15, -0.1) is 0 Å². The average molecular weight is 387 g/mol. The molecule has 0 spiro atoms. The summed E-state index contributed by atoms with van der Waals surface area (Å²) in [4.78, 5) is 25.3. The van der Waals surface area contributed by atoms with Gasteiger partial charge in [-0.2, -0.15) is 0 Å². The molecular formula is C22H18FN5O. The number of fused-ring (bicyclic) bond motifs is 1. The molecule has 7 heteroatoms. The van der Waals surface area contributed by atoms with Crippen molar-refractivity contribution in [3.05, 3.63) is 90.1 Å². The van der Waals surface area contributed by atoms with Gasteiger partial charge in [-0.25, -0.2) is 14.4 Å². The molecule has 0 radical (unpaired) electrons. The van der Waals surface area contributed by atoms with Crippen molar-refractivity contribution in [2.24, 2.45) is 0 Å². The summed E-state index contributed by atoms with van der Waals surface area (Å²) in [5, 5.41) is 6.94. The highest BCUT2D eigenvalue weighted by Gasteiger charge is 2.10. The zero-order chi connectivity index (χ0) is 20.1. The first-order chi connectivity index (χ1) is 14.2. The second kappa shape index (κ2) is 8.43. The molecule has 4 rings (SSSR count). The Morgan fingerprint density at radius 1 is 0.931 bits per heavy atom. The van der Waals surface area contributed by atoms with Crippen LogP contribution < -0.4 is 10.6 Å². The van der Waals surface area contributed by atoms with Crippen LogP contribution in [-0.4, -0.2) is 27.4 Å². The Morgan fingerprint density at radius 2 is 1.76 bits per heavy atom. The predicted molar refractivity (Wildman–Crippen MR) is 109 cm³/mol. The Balaban J connectivity index is 1.42. The first-order valence-electron chi connectivity index (χ1n) is 9.15. The van der Waals surface area contributed by atoms with E-state index in [4.69, 9.17) is 0 Å². The van der Waals surface area contributed by atoms with Gasteiger partial charge in [0.25, 0.3) is 5.91 Å². The van der Waals surface area contributed by atoms with Crippen LogP contribution in [0.25, 0.3) is 10.9 Å². The number of carbonyl (C=O) groups is 1. The van der Waals surface area contributed by atoms with Crippen molar-refractivity contribution in [3.63, 3.8) is 0 Å². The third kappa shape index (κ3) is 4.52. The molecular weight excluding hydrogens is 369 g/mol. The molecule has 4 aromatic rings. The highest BCUT2D eigenvalue weighted by molar-refractivity contribution is 5.93. The quantitative estimate of drug-likeness (QED) is 0.525. The second-order valence-electron chi connectivity index (χ2n) is 6.40. The largest absolute Gasteiger partial charge is 0.350 e. The number of anilines is 2. The van der Waals surface area contributed by atoms with E-state index in [1.54, 1.807) is 24.4 Å². The standard InChI is InChI=1S/C22H18FN5O/c23-17-8-6-15(7-9-17)10-13-25-21(29)19-11-14-26-22(28-19)27-18-5-1-3-16-4-2-12-24-20(16)18/h1-9,11-12,14H,10,13H2,(H,25,29)(H,26,27,28). The lowest BCUT2D eigenvalue weighted by molar-refractivity contribution is 0.0949. The van der Waals surface area contributed by atoms with Gasteiger partial charge in [-0.05, 0) is 42.3 Å². The molecule has 2 heterocycles. The maximum Gasteiger partial charge on any atom is 0.270 e. The first-order valence-corrected chi connectivity index (χ1v) is 9.15. The summed E-state index contributed by atoms with van der Waals surface area (Å²) in [7, 11) is 0. The maximum absolute atomic E-state index is 12.9. The van der Waals surface area contributed by atoms with Crippen LogP contribution in [0.5, 0.6) is 0 Å². The first kappa shape index (κ1) is 18.5. The fourth-order valence-corrected chi connectivity index (χ4v) is 2.93. The van der Waals surface area contributed by atoms with Gasteiger partial charge < -0.3 is 10.6 Å². The van der Waals surface area contributed by atoms with Crippen LogP contribution >= 0.6 is 0 Å². The third-order valence-corrected chi connectivity index (χ3v) is 4.38. The number of benzene rings is 2. The van der Waals surface area contributed by atoms with Gasteiger partial charge in [0.05, 0.1) is 11.2 Å². The number of amides is 1. The summed E-state index contributed by atoms with van der Waals surface area (Å²) in [6.07, 6.45) is 3.85. The van der Waals surface area contributed by atoms with E-state index in [2.05, 4.69) is 25.6 Å². The van der Waals surface area contributed by atoms with Gasteiger partial charge in [-0.3, -0.25) is 9.78 Å². The smallest absolute Gasteiger partial charge is 0.270 e. The van der Waals surface area contributed by atoms with Crippen molar-refractivity contribution in [1.29, 1.82) is 0 Å². The topological polar surface area (TPSA) is 79.8 Å². The van der Waals surface area contributed by atoms with E-state index in [1.807, 2.05) is 30.3 Å². The summed E-state index contributed by atoms with van der Waals surface area (Å²) < 4.78 is 12.9. The van der Waals surface area contributed by atoms with Crippen LogP contribution in [-0.2, 0) is 6.42 Å². The number of carbonyl (C=O) groups excluding carboxylic acids is 1. The number of hydrogen-bond donors (Lipinski definition) is 2. The number of nitrogens with zero attached hydrogens (tertiary/aromatic N) is 3. The molecule has 0 saturated heterocycles. The van der Waals surface area contributed by atoms with Gasteiger partial charge in [0.1, 0.15) is 11.5 Å². The molecule has 0 aliphatic rings. The number of para-hydroxylation sites is 1. The normalized spacial score (nSPS) is 10.7. The third-order valence-electron chi connectivity index (χ3n) is 4.38. The summed E-state index contributed by atoms with van der Waals surface area (Å²) in [5.41, 5.74) is 2.76. The van der Waals surface area contributed by atoms with Crippen molar-refractivity contribution >= 4 is 28.4 Å². The predicted octanol–water partition coefficient (Wildman–Crippen LogP) is 3.88. The SMILES string of the molecule is O=C(NCCc1ccc(F)cc1)c1ccnc(Nc2cccc3cccnc23)n1. The van der Waals surface area contributed by atoms with E-state index in [9.17, 15) is 9.18 Å². The van der Waals surface area contributed by atoms with Crippen LogP contribution in [0.4, 0.5) is 16.0 Å². The van der Waals surface area contributed by atoms with Crippen molar-refractivity contribution in [2.75, 3.05) is 11.9 Å². The van der Waals surface area contributed by atoms with Gasteiger partial charge in [0, 0.05) is 24.3 Å². The molecule has 6 nitrogen and oxygen atoms in total. The van der Waals surface area contributed by atoms with E-state index in [0.717, 1.165) is 22.2 Å². The number of hydrogen-bond acceptors (Lipinski definition) is 5. The van der Waals surface area contributed by atoms with Gasteiger partial charge in [-0.1, -0.05) is 30.3 Å². The Morgan fingerprint density at radius 3 is 2.62 bits per heavy atom. The van der Waals surface area contributed by atoms with Crippen molar-refractivity contribution in [3.8, 4) is 0 Å². The van der Waals surface area contributed by atoms with E-state index in [-0.39, 0.29) is 17.4 Å². The Kier molecular flexibility index (Phi) is 5.38. The average Bonchev–Trinajstić information content (AvgIpc) is 2.75. The molecule has 0 saturated carbocycles. The molecule has 0 unspecified atom stereocenters. The van der Waals surface area contributed by atoms with Crippen LogP contribution in [0, 0.1) is 5.82 Å². The minimum atomic E-state index is -0.298. The van der Waals surface area contributed by atoms with E-state index in [0.29, 0.717) is 18.9 Å². The molecule has 0 bridgehead atoms. The van der Waals surface area contributed by atoms with Gasteiger partial charge in [0.15, 0.2) is 0 Å². The van der Waals surface area contributed by atoms with Crippen molar-refractivity contribution in [1.82, 2.24) is 20.3 Å². The minimum Gasteiger partial charge on any atom is -0.350 e. The zero-order valence-electron chi connectivity index (χ0n) is 15.5. The number of aromatic nitrogens is 3. The van der Waals surface area contributed by atoms with E-state index < -0.39 is 0 Å². The van der Waals surface area contributed by atoms with Gasteiger partial charge >= 0.3 is 0 Å². The zero-order valence-corrected chi connectivity index (χ0v) is 15.5. The Bertz CT molecular complexity index is 1140. The lowest BCUT2D eigenvalue weighted by Gasteiger charge is -2.09. The molecule has 144 valence electrons. The molecule has 2 aromatic carbocycles. The van der Waals surface area contributed by atoms with E-state index in [1.165, 1.54) is 18.3 Å². The van der Waals surface area contributed by atoms with E-state index >= 15 is 0 Å². The minimum absolute atomic E-state index is 0.259. The molecule has 0 aliphatic heterocycles. The monoisotopic (exact) mass is 387 g/mol. The van der Waals surface area contributed by atoms with Crippen LogP contribution in [0.3, 0.4) is 0 Å². The van der Waals surface area contributed by atoms with Crippen molar-refractivity contribution in [2.45, 2.75) is 6.42 Å². The van der Waals surface area contributed by atoms with Crippen LogP contribution in [0.2, 0.25) is 0 Å². The molecule has 2 aromatic heterocycles. The van der Waals surface area contributed by atoms with Crippen molar-refractivity contribution < 1.29 is 9.18 Å². The lowest BCUT2D eigenvalue weighted by atomic mass is 10.1. The summed E-state index contributed by atoms with van der Waals surface area (Å²) >= 11 is 0. The van der Waals surface area contributed by atoms with Crippen LogP contribution in [0.15, 0.2) is 73.1 Å². The fourth-order valence-electron chi connectivity index (χ4n) is 2.93. The maximum atomic E-state index is 12.9. The molecule has 0 atom stereocenters. The Labute approximate surface area is 166 Å². The number of pyridine rings is 1. The summed E-state index contributed by atoms with van der Waals surface area (Å²) in [6, 6.07) is 17.4. The molecule has 0 fully saturated rings. The second-order valence-corrected chi connectivity index (χ2v) is 6.40. The highest BCUT2D eigenvalue weighted by Crippen LogP contribution is 2.22. The fraction of sp³-hybridized carbons (Fsp3) is 0.0909. The Hall–Kier alpha value is -3.87. The summed E-state index contributed by atoms with van der Waals surface area (Å²) in [5.74, 6) is -0.261. The molecule has 1 amide bonds. The van der Waals surface area contributed by atoms with Gasteiger partial charge in [0.2, 0.25) is 5.95 Å².